The van der Waals surface area contributed by atoms with Crippen LogP contribution in [0, 0.1) is 0 Å². The Bertz CT molecular complexity index is 809. The van der Waals surface area contributed by atoms with Gasteiger partial charge < -0.3 is 11.5 Å². The minimum Gasteiger partial charge on any atom is -0.364 e. The molecule has 0 bridgehead atoms. The predicted molar refractivity (Wildman–Crippen MR) is 80.1 cm³/mol. The van der Waals surface area contributed by atoms with Crippen molar-refractivity contribution in [1.82, 2.24) is 14.5 Å². The molecule has 0 aliphatic carbocycles. The standard InChI is InChI=1S/C15H15N5O/c16-7-5-14-19-11-3-1-2-4-13(11)20(14)10-6-8-18-12(9-10)15(17)21/h1-4,6,8-9H,5,7,16H2,(H2,17,21). The molecule has 21 heavy (non-hydrogen) atoms. The van der Waals surface area contributed by atoms with E-state index in [2.05, 4.69) is 9.97 Å². The van der Waals surface area contributed by atoms with E-state index in [0.29, 0.717) is 13.0 Å². The van der Waals surface area contributed by atoms with Crippen molar-refractivity contribution < 1.29 is 4.79 Å². The lowest BCUT2D eigenvalue weighted by atomic mass is 10.2. The summed E-state index contributed by atoms with van der Waals surface area (Å²) in [5.74, 6) is 0.293. The third-order valence-electron chi connectivity index (χ3n) is 3.25. The van der Waals surface area contributed by atoms with E-state index in [9.17, 15) is 4.79 Å². The van der Waals surface area contributed by atoms with Gasteiger partial charge in [-0.3, -0.25) is 14.3 Å². The van der Waals surface area contributed by atoms with Crippen LogP contribution in [0.5, 0.6) is 0 Å². The number of carbonyl (C=O) groups excluding carboxylic acids is 1. The number of fused-ring (bicyclic) bond motifs is 1. The Kier molecular flexibility index (Phi) is 3.37. The summed E-state index contributed by atoms with van der Waals surface area (Å²) in [5.41, 5.74) is 13.8. The highest BCUT2D eigenvalue weighted by molar-refractivity contribution is 5.91. The maximum Gasteiger partial charge on any atom is 0.267 e. The van der Waals surface area contributed by atoms with E-state index in [-0.39, 0.29) is 5.69 Å². The maximum absolute atomic E-state index is 11.3. The molecule has 4 N–H and O–H groups in total. The SMILES string of the molecule is NCCc1nc2ccccc2n1-c1ccnc(C(N)=O)c1. The molecule has 0 radical (unpaired) electrons. The van der Waals surface area contributed by atoms with Crippen LogP contribution in [-0.4, -0.2) is 27.0 Å². The zero-order chi connectivity index (χ0) is 14.8. The molecule has 0 saturated carbocycles. The first-order chi connectivity index (χ1) is 10.2. The van der Waals surface area contributed by atoms with Gasteiger partial charge in [0.2, 0.25) is 0 Å². The molecule has 0 aliphatic rings. The number of hydrogen-bond donors (Lipinski definition) is 2. The van der Waals surface area contributed by atoms with E-state index < -0.39 is 5.91 Å². The quantitative estimate of drug-likeness (QED) is 0.745. The van der Waals surface area contributed by atoms with Gasteiger partial charge in [-0.1, -0.05) is 12.1 Å². The molecule has 2 aromatic heterocycles. The third-order valence-corrected chi connectivity index (χ3v) is 3.25. The fourth-order valence-electron chi connectivity index (χ4n) is 2.35. The van der Waals surface area contributed by atoms with E-state index in [1.165, 1.54) is 0 Å². The summed E-state index contributed by atoms with van der Waals surface area (Å²) >= 11 is 0. The van der Waals surface area contributed by atoms with E-state index in [1.54, 1.807) is 12.3 Å². The molecule has 106 valence electrons. The van der Waals surface area contributed by atoms with Crippen LogP contribution in [0.3, 0.4) is 0 Å². The van der Waals surface area contributed by atoms with Crippen molar-refractivity contribution >= 4 is 16.9 Å². The van der Waals surface area contributed by atoms with E-state index in [0.717, 1.165) is 22.5 Å². The highest BCUT2D eigenvalue weighted by atomic mass is 16.1. The Morgan fingerprint density at radius 3 is 2.81 bits per heavy atom. The summed E-state index contributed by atoms with van der Waals surface area (Å²) in [4.78, 5) is 19.9. The van der Waals surface area contributed by atoms with Crippen molar-refractivity contribution in [2.24, 2.45) is 11.5 Å². The number of pyridine rings is 1. The number of nitrogens with two attached hydrogens (primary N) is 2. The second-order valence-corrected chi connectivity index (χ2v) is 4.65. The van der Waals surface area contributed by atoms with Crippen molar-refractivity contribution in [3.8, 4) is 5.69 Å². The number of primary amides is 1. The summed E-state index contributed by atoms with van der Waals surface area (Å²) in [5, 5.41) is 0. The zero-order valence-corrected chi connectivity index (χ0v) is 11.4. The average Bonchev–Trinajstić information content (AvgIpc) is 2.85. The minimum atomic E-state index is -0.554. The molecule has 0 spiro atoms. The summed E-state index contributed by atoms with van der Waals surface area (Å²) < 4.78 is 1.98. The smallest absolute Gasteiger partial charge is 0.267 e. The molecular formula is C15H15N5O. The largest absolute Gasteiger partial charge is 0.364 e. The van der Waals surface area contributed by atoms with Crippen molar-refractivity contribution in [3.05, 3.63) is 54.1 Å². The monoisotopic (exact) mass is 281 g/mol. The lowest BCUT2D eigenvalue weighted by Gasteiger charge is -2.09. The fraction of sp³-hybridized carbons (Fsp3) is 0.133. The van der Waals surface area contributed by atoms with Crippen LogP contribution in [-0.2, 0) is 6.42 Å². The van der Waals surface area contributed by atoms with Gasteiger partial charge in [0, 0.05) is 12.6 Å². The number of hydrogen-bond acceptors (Lipinski definition) is 4. The first-order valence-corrected chi connectivity index (χ1v) is 6.63. The fourth-order valence-corrected chi connectivity index (χ4v) is 2.35. The van der Waals surface area contributed by atoms with Gasteiger partial charge in [-0.15, -0.1) is 0 Å². The minimum absolute atomic E-state index is 0.226. The van der Waals surface area contributed by atoms with Crippen LogP contribution >= 0.6 is 0 Å². The number of amides is 1. The molecule has 3 rings (SSSR count). The molecule has 6 heteroatoms. The van der Waals surface area contributed by atoms with Gasteiger partial charge in [0.1, 0.15) is 11.5 Å². The molecule has 0 aliphatic heterocycles. The number of para-hydroxylation sites is 2. The average molecular weight is 281 g/mol. The number of rotatable bonds is 4. The number of carbonyl (C=O) groups is 1. The van der Waals surface area contributed by atoms with Crippen LogP contribution in [0.25, 0.3) is 16.7 Å². The second kappa shape index (κ2) is 5.34. The summed E-state index contributed by atoms with van der Waals surface area (Å²) in [6.07, 6.45) is 2.21. The zero-order valence-electron chi connectivity index (χ0n) is 11.4. The summed E-state index contributed by atoms with van der Waals surface area (Å²) in [6, 6.07) is 11.3. The molecule has 0 atom stereocenters. The Balaban J connectivity index is 2.25. The summed E-state index contributed by atoms with van der Waals surface area (Å²) in [7, 11) is 0. The lowest BCUT2D eigenvalue weighted by molar-refractivity contribution is 0.0995. The second-order valence-electron chi connectivity index (χ2n) is 4.65. The van der Waals surface area contributed by atoms with E-state index in [4.69, 9.17) is 11.5 Å². The van der Waals surface area contributed by atoms with E-state index in [1.807, 2.05) is 34.9 Å². The topological polar surface area (TPSA) is 99.8 Å². The van der Waals surface area contributed by atoms with Crippen LogP contribution in [0.15, 0.2) is 42.6 Å². The van der Waals surface area contributed by atoms with Gasteiger partial charge in [-0.2, -0.15) is 0 Å². The van der Waals surface area contributed by atoms with Gasteiger partial charge in [-0.05, 0) is 30.8 Å². The van der Waals surface area contributed by atoms with Crippen LogP contribution < -0.4 is 11.5 Å². The Morgan fingerprint density at radius 2 is 2.05 bits per heavy atom. The number of nitrogens with zero attached hydrogens (tertiary/aromatic N) is 3. The molecule has 1 amide bonds. The predicted octanol–water partition coefficient (Wildman–Crippen LogP) is 1.02. The van der Waals surface area contributed by atoms with Gasteiger partial charge in [0.15, 0.2) is 0 Å². The normalized spacial score (nSPS) is 10.9. The molecule has 1 aromatic carbocycles. The van der Waals surface area contributed by atoms with Gasteiger partial charge in [0.05, 0.1) is 16.7 Å². The van der Waals surface area contributed by atoms with Crippen molar-refractivity contribution in [2.75, 3.05) is 6.54 Å². The Hall–Kier alpha value is -2.73. The van der Waals surface area contributed by atoms with Gasteiger partial charge in [0.25, 0.3) is 5.91 Å². The molecule has 6 nitrogen and oxygen atoms in total. The summed E-state index contributed by atoms with van der Waals surface area (Å²) in [6.45, 7) is 0.497. The highest BCUT2D eigenvalue weighted by Crippen LogP contribution is 2.21. The third kappa shape index (κ3) is 2.36. The van der Waals surface area contributed by atoms with Crippen LogP contribution in [0.4, 0.5) is 0 Å². The Labute approximate surface area is 121 Å². The van der Waals surface area contributed by atoms with Crippen LogP contribution in [0.2, 0.25) is 0 Å². The van der Waals surface area contributed by atoms with Crippen LogP contribution in [0.1, 0.15) is 16.3 Å². The highest BCUT2D eigenvalue weighted by Gasteiger charge is 2.13. The van der Waals surface area contributed by atoms with Gasteiger partial charge in [-0.25, -0.2) is 4.98 Å². The molecular weight excluding hydrogens is 266 g/mol. The first kappa shape index (κ1) is 13.3. The van der Waals surface area contributed by atoms with Crippen molar-refractivity contribution in [1.29, 1.82) is 0 Å². The number of aromatic nitrogens is 3. The van der Waals surface area contributed by atoms with Crippen molar-refractivity contribution in [3.63, 3.8) is 0 Å². The number of benzene rings is 1. The first-order valence-electron chi connectivity index (χ1n) is 6.63. The number of imidazole rings is 1. The van der Waals surface area contributed by atoms with E-state index >= 15 is 0 Å². The lowest BCUT2D eigenvalue weighted by Crippen LogP contribution is -2.14. The van der Waals surface area contributed by atoms with Gasteiger partial charge >= 0.3 is 0 Å². The van der Waals surface area contributed by atoms with Crippen molar-refractivity contribution in [2.45, 2.75) is 6.42 Å². The molecule has 0 saturated heterocycles. The molecule has 0 fully saturated rings. The molecule has 2 heterocycles. The Morgan fingerprint density at radius 1 is 1.24 bits per heavy atom. The molecule has 3 aromatic rings. The molecule has 0 unspecified atom stereocenters. The maximum atomic E-state index is 11.3.